The Morgan fingerprint density at radius 2 is 2.10 bits per heavy atom. The number of rotatable bonds is 7. The molecule has 0 aromatic carbocycles. The van der Waals surface area contributed by atoms with Crippen molar-refractivity contribution >= 4 is 0 Å². The molecule has 0 spiro atoms. The maximum absolute atomic E-state index is 4.61. The normalized spacial score (nSPS) is 26.4. The fraction of sp³-hybridized carbons (Fsp3) is 0.833. The lowest BCUT2D eigenvalue weighted by atomic mass is 9.80. The van der Waals surface area contributed by atoms with E-state index >= 15 is 0 Å². The monoisotopic (exact) mass is 291 g/mol. The zero-order valence-electron chi connectivity index (χ0n) is 14.3. The third-order valence-corrected chi connectivity index (χ3v) is 4.85. The van der Waals surface area contributed by atoms with Crippen LogP contribution in [0.1, 0.15) is 84.0 Å². The van der Waals surface area contributed by atoms with Crippen molar-refractivity contribution < 1.29 is 0 Å². The van der Waals surface area contributed by atoms with Gasteiger partial charge in [-0.05, 0) is 38.1 Å². The number of aromatic nitrogens is 2. The molecule has 0 saturated heterocycles. The molecule has 1 heterocycles. The molecule has 1 aliphatic rings. The van der Waals surface area contributed by atoms with E-state index in [1.807, 2.05) is 6.20 Å². The Morgan fingerprint density at radius 1 is 1.29 bits per heavy atom. The third kappa shape index (κ3) is 4.09. The van der Waals surface area contributed by atoms with Crippen LogP contribution in [0.15, 0.2) is 12.4 Å². The molecule has 1 fully saturated rings. The summed E-state index contributed by atoms with van der Waals surface area (Å²) in [7, 11) is 0. The minimum atomic E-state index is 0.498. The van der Waals surface area contributed by atoms with Gasteiger partial charge in [-0.25, -0.2) is 4.98 Å². The van der Waals surface area contributed by atoms with E-state index in [4.69, 9.17) is 0 Å². The van der Waals surface area contributed by atoms with Gasteiger partial charge in [0.15, 0.2) is 0 Å². The van der Waals surface area contributed by atoms with Crippen LogP contribution in [0.4, 0.5) is 0 Å². The Hall–Kier alpha value is -0.830. The molecule has 3 nitrogen and oxygen atoms in total. The van der Waals surface area contributed by atoms with Gasteiger partial charge in [0.1, 0.15) is 5.82 Å². The second-order valence-corrected chi connectivity index (χ2v) is 6.94. The van der Waals surface area contributed by atoms with Crippen molar-refractivity contribution in [1.29, 1.82) is 0 Å². The van der Waals surface area contributed by atoms with Gasteiger partial charge in [0.2, 0.25) is 0 Å². The molecule has 3 unspecified atom stereocenters. The molecule has 3 atom stereocenters. The van der Waals surface area contributed by atoms with E-state index in [1.54, 1.807) is 0 Å². The highest BCUT2D eigenvalue weighted by Gasteiger charge is 2.32. The average Bonchev–Trinajstić information content (AvgIpc) is 2.95. The van der Waals surface area contributed by atoms with Crippen LogP contribution in [-0.2, 0) is 0 Å². The van der Waals surface area contributed by atoms with Crippen molar-refractivity contribution in [2.45, 2.75) is 84.2 Å². The van der Waals surface area contributed by atoms with Gasteiger partial charge in [0, 0.05) is 24.4 Å². The maximum atomic E-state index is 4.61. The van der Waals surface area contributed by atoms with E-state index in [9.17, 15) is 0 Å². The molecule has 0 bridgehead atoms. The first-order valence-corrected chi connectivity index (χ1v) is 8.93. The first-order valence-electron chi connectivity index (χ1n) is 8.93. The van der Waals surface area contributed by atoms with Crippen LogP contribution in [-0.4, -0.2) is 22.1 Å². The van der Waals surface area contributed by atoms with Crippen LogP contribution in [0, 0.1) is 5.92 Å². The average molecular weight is 291 g/mol. The number of imidazole rings is 1. The van der Waals surface area contributed by atoms with E-state index in [0.29, 0.717) is 18.0 Å². The van der Waals surface area contributed by atoms with E-state index in [2.05, 4.69) is 48.8 Å². The summed E-state index contributed by atoms with van der Waals surface area (Å²) in [4.78, 5) is 4.61. The van der Waals surface area contributed by atoms with Crippen LogP contribution in [0.3, 0.4) is 0 Å². The van der Waals surface area contributed by atoms with E-state index in [-0.39, 0.29) is 0 Å². The molecule has 2 rings (SSSR count). The topological polar surface area (TPSA) is 29.9 Å². The first-order chi connectivity index (χ1) is 10.2. The summed E-state index contributed by atoms with van der Waals surface area (Å²) < 4.78 is 2.47. The molecular weight excluding hydrogens is 258 g/mol. The van der Waals surface area contributed by atoms with Gasteiger partial charge >= 0.3 is 0 Å². The highest BCUT2D eigenvalue weighted by atomic mass is 15.1. The van der Waals surface area contributed by atoms with E-state index in [1.165, 1.54) is 44.3 Å². The molecule has 1 aromatic rings. The third-order valence-electron chi connectivity index (χ3n) is 4.85. The van der Waals surface area contributed by atoms with Crippen molar-refractivity contribution in [2.75, 3.05) is 6.54 Å². The van der Waals surface area contributed by atoms with Crippen molar-refractivity contribution in [3.05, 3.63) is 18.2 Å². The summed E-state index contributed by atoms with van der Waals surface area (Å²) in [5.74, 6) is 2.64. The summed E-state index contributed by atoms with van der Waals surface area (Å²) in [5.41, 5.74) is 0. The SMILES string of the molecule is CCCNC1CCC(CCC)CC1n1ccnc1C(C)C. The minimum absolute atomic E-state index is 0.498. The first kappa shape index (κ1) is 16.5. The summed E-state index contributed by atoms with van der Waals surface area (Å²) >= 11 is 0. The van der Waals surface area contributed by atoms with E-state index < -0.39 is 0 Å². The minimum Gasteiger partial charge on any atom is -0.330 e. The Labute approximate surface area is 130 Å². The van der Waals surface area contributed by atoms with Gasteiger partial charge < -0.3 is 9.88 Å². The number of hydrogen-bond acceptors (Lipinski definition) is 2. The Kier molecular flexibility index (Phi) is 6.28. The molecule has 1 aromatic heterocycles. The Balaban J connectivity index is 2.17. The summed E-state index contributed by atoms with van der Waals surface area (Å²) in [6.07, 6.45) is 12.1. The van der Waals surface area contributed by atoms with Crippen LogP contribution in [0.5, 0.6) is 0 Å². The highest BCUT2D eigenvalue weighted by molar-refractivity contribution is 5.03. The number of nitrogens with zero attached hydrogens (tertiary/aromatic N) is 2. The molecule has 21 heavy (non-hydrogen) atoms. The van der Waals surface area contributed by atoms with Crippen molar-refractivity contribution in [3.8, 4) is 0 Å². The lowest BCUT2D eigenvalue weighted by Crippen LogP contribution is -2.42. The largest absolute Gasteiger partial charge is 0.330 e. The smallest absolute Gasteiger partial charge is 0.111 e. The summed E-state index contributed by atoms with van der Waals surface area (Å²) in [5, 5.41) is 3.79. The molecule has 0 aliphatic heterocycles. The number of hydrogen-bond donors (Lipinski definition) is 1. The molecular formula is C18H33N3. The molecule has 1 saturated carbocycles. The predicted molar refractivity (Wildman–Crippen MR) is 89.7 cm³/mol. The fourth-order valence-electron chi connectivity index (χ4n) is 3.83. The van der Waals surface area contributed by atoms with Crippen LogP contribution in [0.25, 0.3) is 0 Å². The van der Waals surface area contributed by atoms with Gasteiger partial charge in [0.05, 0.1) is 6.04 Å². The van der Waals surface area contributed by atoms with Crippen LogP contribution >= 0.6 is 0 Å². The molecule has 3 heteroatoms. The van der Waals surface area contributed by atoms with E-state index in [0.717, 1.165) is 12.5 Å². The second-order valence-electron chi connectivity index (χ2n) is 6.94. The number of nitrogens with one attached hydrogen (secondary N) is 1. The summed E-state index contributed by atoms with van der Waals surface area (Å²) in [6.45, 7) is 10.2. The van der Waals surface area contributed by atoms with Crippen molar-refractivity contribution in [1.82, 2.24) is 14.9 Å². The second kappa shape index (κ2) is 7.98. The van der Waals surface area contributed by atoms with Crippen molar-refractivity contribution in [3.63, 3.8) is 0 Å². The summed E-state index contributed by atoms with van der Waals surface area (Å²) in [6, 6.07) is 1.20. The molecule has 0 radical (unpaired) electrons. The Bertz CT molecular complexity index is 410. The predicted octanol–water partition coefficient (Wildman–Crippen LogP) is 4.52. The van der Waals surface area contributed by atoms with Gasteiger partial charge in [-0.15, -0.1) is 0 Å². The fourth-order valence-corrected chi connectivity index (χ4v) is 3.83. The molecule has 120 valence electrons. The van der Waals surface area contributed by atoms with Gasteiger partial charge in [-0.1, -0.05) is 40.5 Å². The molecule has 1 aliphatic carbocycles. The zero-order chi connectivity index (χ0) is 15.2. The van der Waals surface area contributed by atoms with Crippen LogP contribution in [0.2, 0.25) is 0 Å². The lowest BCUT2D eigenvalue weighted by Gasteiger charge is -2.38. The maximum Gasteiger partial charge on any atom is 0.111 e. The van der Waals surface area contributed by atoms with Crippen molar-refractivity contribution in [2.24, 2.45) is 5.92 Å². The highest BCUT2D eigenvalue weighted by Crippen LogP contribution is 2.36. The van der Waals surface area contributed by atoms with Gasteiger partial charge in [-0.3, -0.25) is 0 Å². The zero-order valence-corrected chi connectivity index (χ0v) is 14.3. The molecule has 1 N–H and O–H groups in total. The van der Waals surface area contributed by atoms with Gasteiger partial charge in [-0.2, -0.15) is 0 Å². The Morgan fingerprint density at radius 3 is 2.76 bits per heavy atom. The quantitative estimate of drug-likeness (QED) is 0.800. The lowest BCUT2D eigenvalue weighted by molar-refractivity contribution is 0.194. The van der Waals surface area contributed by atoms with Gasteiger partial charge in [0.25, 0.3) is 0 Å². The molecule has 0 amide bonds. The standard InChI is InChI=1S/C18H33N3/c1-5-7-15-8-9-16(19-10-6-2)17(13-15)21-12-11-20-18(21)14(3)4/h11-12,14-17,19H,5-10,13H2,1-4H3. The van der Waals surface area contributed by atoms with Crippen LogP contribution < -0.4 is 5.32 Å².